The van der Waals surface area contributed by atoms with Crippen LogP contribution >= 0.6 is 0 Å². The van der Waals surface area contributed by atoms with Crippen molar-refractivity contribution in [1.82, 2.24) is 0 Å². The van der Waals surface area contributed by atoms with Crippen LogP contribution in [-0.4, -0.2) is 84.2 Å². The second-order valence-electron chi connectivity index (χ2n) is 12.1. The van der Waals surface area contributed by atoms with Crippen LogP contribution in [-0.2, 0) is 57.2 Å². The second kappa shape index (κ2) is 12.3. The average molecular weight is 611 g/mol. The van der Waals surface area contributed by atoms with E-state index in [1.165, 1.54) is 33.8 Å². The highest BCUT2D eigenvalue weighted by Crippen LogP contribution is 2.64. The molecule has 13 nitrogen and oxygen atoms in total. The third-order valence-corrected chi connectivity index (χ3v) is 9.85. The van der Waals surface area contributed by atoms with Crippen molar-refractivity contribution in [2.24, 2.45) is 22.7 Å². The highest BCUT2D eigenvalue weighted by Gasteiger charge is 2.74. The molecule has 0 radical (unpaired) electrons. The number of rotatable bonds is 5. The standard InChI is InChI=1S/C30H42O13/c1-14-21(39-16(3)31)13-23(41-18(5)33)29(8)22(40-17(4)32)11-10-20(26(36)38-9)12-24-30(37,15(2)25(35)43-24)27(28(14,29)7)42-19(6)34/h12,14-15,21-24,27,37H,10-11,13H2,1-9H3/b20-12+/t14-,15-,21+,22+,23-,24-,27+,28+,29-,30-/m0/s1. The number of carbonyl (C=O) groups excluding carboxylic acids is 6. The summed E-state index contributed by atoms with van der Waals surface area (Å²) in [5, 5.41) is 12.7. The lowest BCUT2D eigenvalue weighted by Crippen LogP contribution is -2.74. The van der Waals surface area contributed by atoms with Gasteiger partial charge in [-0.05, 0) is 25.8 Å². The number of methoxy groups -OCH3 is 1. The first-order valence-corrected chi connectivity index (χ1v) is 14.3. The first-order valence-electron chi connectivity index (χ1n) is 14.3. The summed E-state index contributed by atoms with van der Waals surface area (Å²) in [4.78, 5) is 76.1. The third kappa shape index (κ3) is 5.75. The van der Waals surface area contributed by atoms with Gasteiger partial charge in [-0.2, -0.15) is 0 Å². The van der Waals surface area contributed by atoms with Crippen LogP contribution in [0.15, 0.2) is 11.6 Å². The Morgan fingerprint density at radius 1 is 0.860 bits per heavy atom. The Kier molecular flexibility index (Phi) is 9.69. The summed E-state index contributed by atoms with van der Waals surface area (Å²) in [6.07, 6.45) is -5.07. The topological polar surface area (TPSA) is 178 Å². The molecule has 10 atom stereocenters. The van der Waals surface area contributed by atoms with Gasteiger partial charge >= 0.3 is 35.8 Å². The molecule has 0 bridgehead atoms. The van der Waals surface area contributed by atoms with Gasteiger partial charge in [-0.1, -0.05) is 20.8 Å². The zero-order valence-electron chi connectivity index (χ0n) is 26.1. The van der Waals surface area contributed by atoms with Crippen LogP contribution < -0.4 is 0 Å². The Labute approximate surface area is 250 Å². The van der Waals surface area contributed by atoms with Crippen molar-refractivity contribution in [3.05, 3.63) is 11.6 Å². The molecule has 1 saturated carbocycles. The predicted molar refractivity (Wildman–Crippen MR) is 146 cm³/mol. The first kappa shape index (κ1) is 34.0. The minimum absolute atomic E-state index is 0.00321. The summed E-state index contributed by atoms with van der Waals surface area (Å²) in [6.45, 7) is 11.2. The average Bonchev–Trinajstić information content (AvgIpc) is 3.12. The Balaban J connectivity index is 2.51. The van der Waals surface area contributed by atoms with E-state index in [0.29, 0.717) is 0 Å². The van der Waals surface area contributed by atoms with Crippen molar-refractivity contribution in [3.63, 3.8) is 0 Å². The molecule has 1 heterocycles. The highest BCUT2D eigenvalue weighted by atomic mass is 16.6. The Morgan fingerprint density at radius 2 is 1.40 bits per heavy atom. The zero-order valence-corrected chi connectivity index (χ0v) is 26.1. The van der Waals surface area contributed by atoms with Gasteiger partial charge in [-0.25, -0.2) is 4.79 Å². The number of aliphatic hydroxyl groups is 1. The number of hydrogen-bond acceptors (Lipinski definition) is 13. The number of fused-ring (bicyclic) bond motifs is 2. The fourth-order valence-corrected chi connectivity index (χ4v) is 7.39. The maximum absolute atomic E-state index is 13.1. The van der Waals surface area contributed by atoms with E-state index in [2.05, 4.69) is 0 Å². The van der Waals surface area contributed by atoms with Gasteiger partial charge in [-0.15, -0.1) is 0 Å². The molecule has 13 heteroatoms. The van der Waals surface area contributed by atoms with E-state index < -0.39 is 94.6 Å². The van der Waals surface area contributed by atoms with Crippen molar-refractivity contribution in [3.8, 4) is 0 Å². The van der Waals surface area contributed by atoms with Gasteiger partial charge < -0.3 is 33.5 Å². The van der Waals surface area contributed by atoms with Gasteiger partial charge in [-0.3, -0.25) is 24.0 Å². The minimum atomic E-state index is -2.30. The largest absolute Gasteiger partial charge is 0.466 e. The zero-order chi connectivity index (χ0) is 32.7. The molecule has 1 N–H and O–H groups in total. The summed E-state index contributed by atoms with van der Waals surface area (Å²) >= 11 is 0. The lowest BCUT2D eigenvalue weighted by molar-refractivity contribution is -0.289. The van der Waals surface area contributed by atoms with Gasteiger partial charge in [0.05, 0.1) is 18.4 Å². The second-order valence-corrected chi connectivity index (χ2v) is 12.1. The molecule has 0 spiro atoms. The molecule has 2 fully saturated rings. The minimum Gasteiger partial charge on any atom is -0.466 e. The molecule has 0 aromatic carbocycles. The Morgan fingerprint density at radius 3 is 1.91 bits per heavy atom. The molecule has 0 amide bonds. The maximum Gasteiger partial charge on any atom is 0.333 e. The van der Waals surface area contributed by atoms with Crippen molar-refractivity contribution in [2.45, 2.75) is 111 Å². The van der Waals surface area contributed by atoms with E-state index in [0.717, 1.165) is 14.0 Å². The van der Waals surface area contributed by atoms with Crippen molar-refractivity contribution in [2.75, 3.05) is 7.11 Å². The molecule has 1 saturated heterocycles. The molecule has 3 rings (SSSR count). The fourth-order valence-electron chi connectivity index (χ4n) is 7.39. The van der Waals surface area contributed by atoms with Crippen molar-refractivity contribution >= 4 is 35.8 Å². The van der Waals surface area contributed by atoms with Gasteiger partial charge in [0.1, 0.15) is 24.4 Å². The highest BCUT2D eigenvalue weighted by molar-refractivity contribution is 5.89. The number of esters is 6. The summed E-state index contributed by atoms with van der Waals surface area (Å²) in [5.41, 5.74) is -5.32. The van der Waals surface area contributed by atoms with Gasteiger partial charge in [0.2, 0.25) is 0 Å². The normalized spacial score (nSPS) is 40.3. The molecule has 1 aliphatic heterocycles. The predicted octanol–water partition coefficient (Wildman–Crippen LogP) is 1.95. The van der Waals surface area contributed by atoms with Gasteiger partial charge in [0.15, 0.2) is 11.7 Å². The SMILES string of the molecule is COC(=O)/C1=C/[C@@H]2OC(=O)[C@H](C)[C@@]2(O)[C@H](OC(C)=O)[C@@]2(C)[C@@H](C)[C@H](OC(C)=O)C[C@H](OC(C)=O)[C@]2(C)[C@H](OC(C)=O)CC1. The summed E-state index contributed by atoms with van der Waals surface area (Å²) in [5.74, 6) is -6.46. The monoisotopic (exact) mass is 610 g/mol. The quantitative estimate of drug-likeness (QED) is 0.353. The lowest BCUT2D eigenvalue weighted by Gasteiger charge is -2.64. The van der Waals surface area contributed by atoms with Gasteiger partial charge in [0, 0.05) is 51.0 Å². The molecular formula is C30H42O13. The van der Waals surface area contributed by atoms with E-state index in [-0.39, 0.29) is 24.8 Å². The molecule has 240 valence electrons. The van der Waals surface area contributed by atoms with Crippen molar-refractivity contribution in [1.29, 1.82) is 0 Å². The third-order valence-electron chi connectivity index (χ3n) is 9.85. The first-order chi connectivity index (χ1) is 19.8. The molecule has 0 aromatic heterocycles. The molecule has 2 aliphatic carbocycles. The van der Waals surface area contributed by atoms with Crippen molar-refractivity contribution < 1.29 is 62.3 Å². The summed E-state index contributed by atoms with van der Waals surface area (Å²) in [6, 6.07) is 0. The summed E-state index contributed by atoms with van der Waals surface area (Å²) < 4.78 is 34.0. The van der Waals surface area contributed by atoms with Crippen LogP contribution in [0.3, 0.4) is 0 Å². The fraction of sp³-hybridized carbons (Fsp3) is 0.733. The van der Waals surface area contributed by atoms with Crippen LogP contribution in [0, 0.1) is 22.7 Å². The van der Waals surface area contributed by atoms with E-state index in [4.69, 9.17) is 28.4 Å². The number of hydrogen-bond donors (Lipinski definition) is 1. The van der Waals surface area contributed by atoms with E-state index >= 15 is 0 Å². The van der Waals surface area contributed by atoms with E-state index in [1.807, 2.05) is 0 Å². The number of carbonyl (C=O) groups is 6. The molecular weight excluding hydrogens is 568 g/mol. The van der Waals surface area contributed by atoms with E-state index in [9.17, 15) is 33.9 Å². The Hall–Kier alpha value is -3.48. The van der Waals surface area contributed by atoms with Crippen LogP contribution in [0.2, 0.25) is 0 Å². The van der Waals surface area contributed by atoms with Gasteiger partial charge in [0.25, 0.3) is 0 Å². The molecule has 0 unspecified atom stereocenters. The van der Waals surface area contributed by atoms with Crippen LogP contribution in [0.5, 0.6) is 0 Å². The molecule has 0 aromatic rings. The van der Waals surface area contributed by atoms with Crippen LogP contribution in [0.1, 0.15) is 74.7 Å². The smallest absolute Gasteiger partial charge is 0.333 e. The Bertz CT molecular complexity index is 1210. The van der Waals surface area contributed by atoms with E-state index in [1.54, 1.807) is 20.8 Å². The number of ether oxygens (including phenoxy) is 6. The van der Waals surface area contributed by atoms with Crippen LogP contribution in [0.25, 0.3) is 0 Å². The molecule has 3 aliphatic rings. The molecule has 43 heavy (non-hydrogen) atoms. The van der Waals surface area contributed by atoms with Crippen LogP contribution in [0.4, 0.5) is 0 Å². The lowest BCUT2D eigenvalue weighted by atomic mass is 9.44. The maximum atomic E-state index is 13.1. The summed E-state index contributed by atoms with van der Waals surface area (Å²) in [7, 11) is 1.16.